The predicted molar refractivity (Wildman–Crippen MR) is 69.5 cm³/mol. The fraction of sp³-hybridized carbons (Fsp3) is 0.917. The third kappa shape index (κ3) is 5.98. The normalized spacial score (nSPS) is 11.5. The highest BCUT2D eigenvalue weighted by Crippen LogP contribution is 2.18. The van der Waals surface area contributed by atoms with Crippen molar-refractivity contribution in [1.82, 2.24) is 4.57 Å². The fourth-order valence-corrected chi connectivity index (χ4v) is 4.06. The molecular formula is C12H27NOSi. The van der Waals surface area contributed by atoms with Gasteiger partial charge in [-0.25, -0.2) is 0 Å². The molecule has 15 heavy (non-hydrogen) atoms. The van der Waals surface area contributed by atoms with Crippen LogP contribution < -0.4 is 0 Å². The van der Waals surface area contributed by atoms with Gasteiger partial charge < -0.3 is 4.57 Å². The number of carbonyl (C=O) groups excluding carboxylic acids is 1. The molecule has 1 amide bonds. The molecule has 0 rings (SSSR count). The average Bonchev–Trinajstić information content (AvgIpc) is 2.16. The van der Waals surface area contributed by atoms with Gasteiger partial charge in [0.25, 0.3) is 0 Å². The number of unbranched alkanes of at least 4 members (excludes halogenated alkanes) is 4. The van der Waals surface area contributed by atoms with Crippen LogP contribution in [0.4, 0.5) is 0 Å². The summed E-state index contributed by atoms with van der Waals surface area (Å²) in [6.45, 7) is 8.48. The van der Waals surface area contributed by atoms with Gasteiger partial charge in [-0.2, -0.15) is 0 Å². The zero-order valence-electron chi connectivity index (χ0n) is 11.1. The lowest BCUT2D eigenvalue weighted by Gasteiger charge is -2.33. The molecule has 0 N–H and O–H groups in total. The second-order valence-corrected chi connectivity index (χ2v) is 9.85. The van der Waals surface area contributed by atoms with Crippen LogP contribution in [-0.2, 0) is 4.79 Å². The lowest BCUT2D eigenvalue weighted by Crippen LogP contribution is -2.48. The molecule has 0 bridgehead atoms. The SMILES string of the molecule is CCCCCCC[Si](C)(C)N(C)C(C)=O. The maximum absolute atomic E-state index is 11.3. The first kappa shape index (κ1) is 14.7. The zero-order chi connectivity index (χ0) is 11.9. The van der Waals surface area contributed by atoms with Gasteiger partial charge in [-0.3, -0.25) is 4.79 Å². The third-order valence-electron chi connectivity index (χ3n) is 3.27. The van der Waals surface area contributed by atoms with Gasteiger partial charge in [-0.05, 0) is 6.04 Å². The zero-order valence-corrected chi connectivity index (χ0v) is 12.1. The van der Waals surface area contributed by atoms with Crippen LogP contribution in [0.25, 0.3) is 0 Å². The highest BCUT2D eigenvalue weighted by atomic mass is 28.3. The van der Waals surface area contributed by atoms with Crippen LogP contribution >= 0.6 is 0 Å². The van der Waals surface area contributed by atoms with E-state index in [2.05, 4.69) is 20.0 Å². The largest absolute Gasteiger partial charge is 0.373 e. The van der Waals surface area contributed by atoms with Crippen LogP contribution in [-0.4, -0.2) is 25.8 Å². The molecular weight excluding hydrogens is 202 g/mol. The van der Waals surface area contributed by atoms with E-state index in [0.29, 0.717) is 0 Å². The molecule has 3 heteroatoms. The minimum Gasteiger partial charge on any atom is -0.373 e. The smallest absolute Gasteiger partial charge is 0.211 e. The Bertz CT molecular complexity index is 192. The summed E-state index contributed by atoms with van der Waals surface area (Å²) in [6, 6.07) is 1.24. The molecule has 0 unspecified atom stereocenters. The summed E-state index contributed by atoms with van der Waals surface area (Å²) in [4.78, 5) is 11.3. The number of carbonyl (C=O) groups is 1. The number of nitrogens with zero attached hydrogens (tertiary/aromatic N) is 1. The van der Waals surface area contributed by atoms with Crippen molar-refractivity contribution >= 4 is 14.1 Å². The van der Waals surface area contributed by atoms with E-state index in [9.17, 15) is 4.79 Å². The summed E-state index contributed by atoms with van der Waals surface area (Å²) < 4.78 is 1.99. The van der Waals surface area contributed by atoms with Crippen LogP contribution in [0.15, 0.2) is 0 Å². The van der Waals surface area contributed by atoms with Crippen LogP contribution in [0.3, 0.4) is 0 Å². The molecule has 0 saturated carbocycles. The van der Waals surface area contributed by atoms with Crippen molar-refractivity contribution in [1.29, 1.82) is 0 Å². The number of amides is 1. The maximum Gasteiger partial charge on any atom is 0.211 e. The Morgan fingerprint density at radius 3 is 2.13 bits per heavy atom. The van der Waals surface area contributed by atoms with Gasteiger partial charge in [0.1, 0.15) is 0 Å². The van der Waals surface area contributed by atoms with Crippen molar-refractivity contribution in [3.8, 4) is 0 Å². The summed E-state index contributed by atoms with van der Waals surface area (Å²) in [5.41, 5.74) is 0. The summed E-state index contributed by atoms with van der Waals surface area (Å²) in [5.74, 6) is 0.222. The van der Waals surface area contributed by atoms with Crippen LogP contribution in [0.1, 0.15) is 46.0 Å². The topological polar surface area (TPSA) is 20.3 Å². The molecule has 0 heterocycles. The maximum atomic E-state index is 11.3. The van der Waals surface area contributed by atoms with Gasteiger partial charge in [0.15, 0.2) is 8.24 Å². The van der Waals surface area contributed by atoms with E-state index in [1.165, 1.54) is 38.1 Å². The second-order valence-electron chi connectivity index (χ2n) is 5.05. The Balaban J connectivity index is 3.78. The summed E-state index contributed by atoms with van der Waals surface area (Å²) >= 11 is 0. The molecule has 0 saturated heterocycles. The third-order valence-corrected chi connectivity index (χ3v) is 6.98. The van der Waals surface area contributed by atoms with Crippen molar-refractivity contribution in [3.63, 3.8) is 0 Å². The molecule has 0 aliphatic carbocycles. The monoisotopic (exact) mass is 229 g/mol. The molecule has 0 fully saturated rings. The van der Waals surface area contributed by atoms with Gasteiger partial charge >= 0.3 is 0 Å². The molecule has 0 aromatic heterocycles. The van der Waals surface area contributed by atoms with Crippen LogP contribution in [0, 0.1) is 0 Å². The van der Waals surface area contributed by atoms with E-state index in [1.54, 1.807) is 6.92 Å². The molecule has 90 valence electrons. The average molecular weight is 229 g/mol. The first-order valence-corrected chi connectivity index (χ1v) is 9.31. The molecule has 2 nitrogen and oxygen atoms in total. The Morgan fingerprint density at radius 2 is 1.67 bits per heavy atom. The van der Waals surface area contributed by atoms with E-state index in [1.807, 2.05) is 11.6 Å². The van der Waals surface area contributed by atoms with E-state index >= 15 is 0 Å². The van der Waals surface area contributed by atoms with Crippen molar-refractivity contribution in [2.24, 2.45) is 0 Å². The van der Waals surface area contributed by atoms with Crippen molar-refractivity contribution in [2.45, 2.75) is 65.1 Å². The lowest BCUT2D eigenvalue weighted by atomic mass is 10.2. The van der Waals surface area contributed by atoms with Gasteiger partial charge in [0, 0.05) is 14.0 Å². The summed E-state index contributed by atoms with van der Waals surface area (Å²) in [6.07, 6.45) is 6.62. The van der Waals surface area contributed by atoms with Gasteiger partial charge in [-0.1, -0.05) is 52.1 Å². The van der Waals surface area contributed by atoms with Crippen LogP contribution in [0.2, 0.25) is 19.1 Å². The fourth-order valence-electron chi connectivity index (χ4n) is 1.76. The number of hydrogen-bond acceptors (Lipinski definition) is 1. The highest BCUT2D eigenvalue weighted by molar-refractivity contribution is 6.76. The molecule has 0 aliphatic rings. The molecule has 0 aromatic rings. The Hall–Kier alpha value is -0.313. The van der Waals surface area contributed by atoms with Gasteiger partial charge in [-0.15, -0.1) is 0 Å². The summed E-state index contributed by atoms with van der Waals surface area (Å²) in [5, 5.41) is 0. The van der Waals surface area contributed by atoms with Crippen molar-refractivity contribution in [2.75, 3.05) is 7.05 Å². The van der Waals surface area contributed by atoms with Crippen molar-refractivity contribution in [3.05, 3.63) is 0 Å². The summed E-state index contributed by atoms with van der Waals surface area (Å²) in [7, 11) is 0.513. The van der Waals surface area contributed by atoms with E-state index in [4.69, 9.17) is 0 Å². The number of hydrogen-bond donors (Lipinski definition) is 0. The lowest BCUT2D eigenvalue weighted by molar-refractivity contribution is -0.124. The first-order chi connectivity index (χ1) is 6.91. The standard InChI is InChI=1S/C12H27NOSi/c1-6-7-8-9-10-11-15(4,5)13(3)12(2)14/h6-11H2,1-5H3. The molecule has 0 aliphatic heterocycles. The second kappa shape index (κ2) is 7.04. The predicted octanol–water partition coefficient (Wildman–Crippen LogP) is 3.64. The Labute approximate surface area is 96.1 Å². The van der Waals surface area contributed by atoms with Crippen LogP contribution in [0.5, 0.6) is 0 Å². The Kier molecular flexibility index (Phi) is 6.90. The highest BCUT2D eigenvalue weighted by Gasteiger charge is 2.27. The van der Waals surface area contributed by atoms with Gasteiger partial charge in [0.2, 0.25) is 5.91 Å². The van der Waals surface area contributed by atoms with E-state index < -0.39 is 8.24 Å². The first-order valence-electron chi connectivity index (χ1n) is 6.16. The molecule has 0 radical (unpaired) electrons. The molecule has 0 aromatic carbocycles. The molecule has 0 spiro atoms. The van der Waals surface area contributed by atoms with Gasteiger partial charge in [0.05, 0.1) is 0 Å². The molecule has 0 atom stereocenters. The van der Waals surface area contributed by atoms with E-state index in [-0.39, 0.29) is 5.91 Å². The number of rotatable bonds is 7. The minimum absolute atomic E-state index is 0.222. The minimum atomic E-state index is -1.45. The van der Waals surface area contributed by atoms with Crippen molar-refractivity contribution < 1.29 is 4.79 Å². The van der Waals surface area contributed by atoms with E-state index in [0.717, 1.165) is 0 Å². The Morgan fingerprint density at radius 1 is 1.13 bits per heavy atom. The quantitative estimate of drug-likeness (QED) is 0.482.